The third kappa shape index (κ3) is 3.43. The molecular weight excluding hydrogens is 298 g/mol. The summed E-state index contributed by atoms with van der Waals surface area (Å²) >= 11 is 3.42. The van der Waals surface area contributed by atoms with Crippen molar-refractivity contribution >= 4 is 15.9 Å². The van der Waals surface area contributed by atoms with Crippen LogP contribution in [0.4, 0.5) is 0 Å². The zero-order valence-electron chi connectivity index (χ0n) is 10.5. The summed E-state index contributed by atoms with van der Waals surface area (Å²) in [6, 6.07) is 3.35. The van der Waals surface area contributed by atoms with Crippen LogP contribution in [0.5, 0.6) is 0 Å². The highest BCUT2D eigenvalue weighted by Gasteiger charge is 2.15. The summed E-state index contributed by atoms with van der Waals surface area (Å²) in [5.41, 5.74) is 0.944. The van der Waals surface area contributed by atoms with Crippen LogP contribution in [0.2, 0.25) is 0 Å². The van der Waals surface area contributed by atoms with Crippen LogP contribution in [0.15, 0.2) is 21.4 Å². The first-order chi connectivity index (χ1) is 8.68. The lowest BCUT2D eigenvalue weighted by Crippen LogP contribution is -2.25. The normalized spacial score (nSPS) is 19.3. The van der Waals surface area contributed by atoms with Crippen molar-refractivity contribution in [2.75, 3.05) is 19.8 Å². The highest BCUT2D eigenvalue weighted by molar-refractivity contribution is 9.10. The first kappa shape index (κ1) is 13.8. The van der Waals surface area contributed by atoms with Gasteiger partial charge in [-0.25, -0.2) is 0 Å². The minimum atomic E-state index is 0.0106. The lowest BCUT2D eigenvalue weighted by atomic mass is 10.2. The third-order valence-electron chi connectivity index (χ3n) is 3.18. The number of hydrogen-bond acceptors (Lipinski definition) is 3. The maximum Gasteiger partial charge on any atom is 0.250 e. The Balaban J connectivity index is 1.82. The monoisotopic (exact) mass is 315 g/mol. The van der Waals surface area contributed by atoms with Crippen molar-refractivity contribution in [1.29, 1.82) is 0 Å². The Morgan fingerprint density at radius 3 is 3.11 bits per heavy atom. The molecule has 2 heterocycles. The van der Waals surface area contributed by atoms with Gasteiger partial charge in [0.2, 0.25) is 0 Å². The van der Waals surface area contributed by atoms with E-state index in [1.165, 1.54) is 0 Å². The topological polar surface area (TPSA) is 40.5 Å². The van der Waals surface area contributed by atoms with Crippen molar-refractivity contribution in [2.24, 2.45) is 0 Å². The van der Waals surface area contributed by atoms with E-state index < -0.39 is 0 Å². The van der Waals surface area contributed by atoms with Crippen LogP contribution in [0.3, 0.4) is 0 Å². The molecule has 100 valence electrons. The van der Waals surface area contributed by atoms with E-state index in [4.69, 9.17) is 9.47 Å². The Bertz CT molecular complexity index is 452. The molecule has 1 aliphatic rings. The van der Waals surface area contributed by atoms with Crippen molar-refractivity contribution in [3.8, 4) is 0 Å². The molecule has 0 N–H and O–H groups in total. The first-order valence-electron chi connectivity index (χ1n) is 6.24. The van der Waals surface area contributed by atoms with Crippen molar-refractivity contribution in [3.63, 3.8) is 0 Å². The molecule has 0 bridgehead atoms. The van der Waals surface area contributed by atoms with Crippen LogP contribution in [0.1, 0.15) is 18.5 Å². The van der Waals surface area contributed by atoms with Crippen LogP contribution in [0.25, 0.3) is 0 Å². The maximum absolute atomic E-state index is 11.7. The fraction of sp³-hybridized carbons (Fsp3) is 0.615. The number of ether oxygens (including phenoxy) is 2. The van der Waals surface area contributed by atoms with Gasteiger partial charge in [0.1, 0.15) is 0 Å². The van der Waals surface area contributed by atoms with Crippen molar-refractivity contribution in [3.05, 3.63) is 32.7 Å². The van der Waals surface area contributed by atoms with E-state index in [-0.39, 0.29) is 11.7 Å². The zero-order chi connectivity index (χ0) is 13.0. The molecule has 0 radical (unpaired) electrons. The van der Waals surface area contributed by atoms with E-state index in [0.29, 0.717) is 19.8 Å². The van der Waals surface area contributed by atoms with Crippen LogP contribution < -0.4 is 5.56 Å². The summed E-state index contributed by atoms with van der Waals surface area (Å²) in [5.74, 6) is 0. The predicted octanol–water partition coefficient (Wildman–Crippen LogP) is 2.11. The van der Waals surface area contributed by atoms with Crippen LogP contribution in [-0.4, -0.2) is 30.5 Å². The summed E-state index contributed by atoms with van der Waals surface area (Å²) in [7, 11) is 0. The molecule has 5 heteroatoms. The number of pyridine rings is 1. The summed E-state index contributed by atoms with van der Waals surface area (Å²) in [5, 5.41) is 0. The van der Waals surface area contributed by atoms with Crippen molar-refractivity contribution < 1.29 is 9.47 Å². The summed E-state index contributed by atoms with van der Waals surface area (Å²) < 4.78 is 13.7. The van der Waals surface area contributed by atoms with Gasteiger partial charge < -0.3 is 14.0 Å². The number of halogens is 1. The van der Waals surface area contributed by atoms with Gasteiger partial charge >= 0.3 is 0 Å². The van der Waals surface area contributed by atoms with Gasteiger partial charge in [0.05, 0.1) is 19.3 Å². The molecule has 4 nitrogen and oxygen atoms in total. The fourth-order valence-corrected chi connectivity index (χ4v) is 2.42. The quantitative estimate of drug-likeness (QED) is 0.781. The number of hydrogen-bond donors (Lipinski definition) is 0. The number of aromatic nitrogens is 1. The Labute approximate surface area is 115 Å². The second-order valence-corrected chi connectivity index (χ2v) is 5.32. The van der Waals surface area contributed by atoms with E-state index in [0.717, 1.165) is 29.6 Å². The average Bonchev–Trinajstić information content (AvgIpc) is 2.86. The molecule has 1 fully saturated rings. The van der Waals surface area contributed by atoms with E-state index in [9.17, 15) is 4.79 Å². The summed E-state index contributed by atoms with van der Waals surface area (Å²) in [6.45, 7) is 4.51. The van der Waals surface area contributed by atoms with Crippen LogP contribution >= 0.6 is 15.9 Å². The van der Waals surface area contributed by atoms with E-state index in [1.54, 1.807) is 16.7 Å². The lowest BCUT2D eigenvalue weighted by Gasteiger charge is -2.13. The molecule has 0 amide bonds. The molecular formula is C13H18BrNO3. The molecule has 18 heavy (non-hydrogen) atoms. The first-order valence-corrected chi connectivity index (χ1v) is 7.03. The van der Waals surface area contributed by atoms with Gasteiger partial charge in [-0.1, -0.05) is 0 Å². The van der Waals surface area contributed by atoms with Gasteiger partial charge in [-0.3, -0.25) is 4.79 Å². The molecule has 2 rings (SSSR count). The SMILES string of the molecule is Cc1c(Br)ccc(=O)n1CCOC[C@H]1CCCO1. The van der Waals surface area contributed by atoms with Crippen LogP contribution in [-0.2, 0) is 16.0 Å². The molecule has 1 aromatic rings. The molecule has 0 spiro atoms. The molecule has 1 aliphatic heterocycles. The maximum atomic E-state index is 11.7. The van der Waals surface area contributed by atoms with Crippen molar-refractivity contribution in [2.45, 2.75) is 32.4 Å². The van der Waals surface area contributed by atoms with Gasteiger partial charge in [0.15, 0.2) is 0 Å². The molecule has 0 aliphatic carbocycles. The van der Waals surface area contributed by atoms with E-state index in [1.807, 2.05) is 6.92 Å². The average molecular weight is 316 g/mol. The second-order valence-electron chi connectivity index (χ2n) is 4.47. The fourth-order valence-electron chi connectivity index (χ4n) is 2.07. The number of nitrogens with zero attached hydrogens (tertiary/aromatic N) is 1. The second kappa shape index (κ2) is 6.50. The Morgan fingerprint density at radius 1 is 1.56 bits per heavy atom. The molecule has 0 unspecified atom stereocenters. The molecule has 1 saturated heterocycles. The van der Waals surface area contributed by atoms with Gasteiger partial charge in [-0.2, -0.15) is 0 Å². The largest absolute Gasteiger partial charge is 0.377 e. The Hall–Kier alpha value is -0.650. The Morgan fingerprint density at radius 2 is 2.39 bits per heavy atom. The van der Waals surface area contributed by atoms with Crippen molar-refractivity contribution in [1.82, 2.24) is 4.57 Å². The molecule has 0 aromatic carbocycles. The minimum absolute atomic E-state index is 0.0106. The Kier molecular flexibility index (Phi) is 4.97. The zero-order valence-corrected chi connectivity index (χ0v) is 12.1. The summed E-state index contributed by atoms with van der Waals surface area (Å²) in [6.07, 6.45) is 2.44. The minimum Gasteiger partial charge on any atom is -0.377 e. The van der Waals surface area contributed by atoms with E-state index in [2.05, 4.69) is 15.9 Å². The van der Waals surface area contributed by atoms with Crippen LogP contribution in [0, 0.1) is 6.92 Å². The standard InChI is InChI=1S/C13H18BrNO3/c1-10-12(14)4-5-13(16)15(10)6-8-17-9-11-3-2-7-18-11/h4-5,11H,2-3,6-9H2,1H3/t11-/m1/s1. The highest BCUT2D eigenvalue weighted by atomic mass is 79.9. The highest BCUT2D eigenvalue weighted by Crippen LogP contribution is 2.13. The van der Waals surface area contributed by atoms with E-state index >= 15 is 0 Å². The number of rotatable bonds is 5. The van der Waals surface area contributed by atoms with Gasteiger partial charge in [0, 0.05) is 29.4 Å². The molecule has 0 saturated carbocycles. The predicted molar refractivity (Wildman–Crippen MR) is 72.9 cm³/mol. The van der Waals surface area contributed by atoms with Gasteiger partial charge in [-0.15, -0.1) is 0 Å². The lowest BCUT2D eigenvalue weighted by molar-refractivity contribution is 0.0145. The van der Waals surface area contributed by atoms with Gasteiger partial charge in [0.25, 0.3) is 5.56 Å². The van der Waals surface area contributed by atoms with Gasteiger partial charge in [-0.05, 0) is 41.8 Å². The molecule has 1 aromatic heterocycles. The summed E-state index contributed by atoms with van der Waals surface area (Å²) in [4.78, 5) is 11.7. The molecule has 1 atom stereocenters. The third-order valence-corrected chi connectivity index (χ3v) is 4.01. The smallest absolute Gasteiger partial charge is 0.250 e.